The van der Waals surface area contributed by atoms with E-state index >= 15 is 0 Å². The van der Waals surface area contributed by atoms with Gasteiger partial charge in [-0.3, -0.25) is 4.79 Å². The Bertz CT molecular complexity index is 511. The van der Waals surface area contributed by atoms with Gasteiger partial charge in [0.15, 0.2) is 5.82 Å². The Morgan fingerprint density at radius 1 is 1.50 bits per heavy atom. The van der Waals surface area contributed by atoms with E-state index in [9.17, 15) is 9.18 Å². The monoisotopic (exact) mass is 221 g/mol. The molecule has 0 bridgehead atoms. The van der Waals surface area contributed by atoms with Gasteiger partial charge in [0.05, 0.1) is 0 Å². The molecule has 0 aliphatic carbocycles. The second-order valence-electron chi connectivity index (χ2n) is 3.10. The molecular formula is C9H8FN5O. The molecule has 0 radical (unpaired) electrons. The van der Waals surface area contributed by atoms with Gasteiger partial charge in [-0.1, -0.05) is 0 Å². The smallest absolute Gasteiger partial charge is 0.221 e. The summed E-state index contributed by atoms with van der Waals surface area (Å²) in [5.74, 6) is -0.770. The van der Waals surface area contributed by atoms with Crippen LogP contribution in [0.4, 0.5) is 10.1 Å². The van der Waals surface area contributed by atoms with Crippen molar-refractivity contribution in [2.24, 2.45) is 0 Å². The lowest BCUT2D eigenvalue weighted by molar-refractivity contribution is -0.114. The number of hydrogen-bond acceptors (Lipinski definition) is 4. The maximum atomic E-state index is 13.6. The Morgan fingerprint density at radius 3 is 2.88 bits per heavy atom. The second kappa shape index (κ2) is 4.05. The van der Waals surface area contributed by atoms with Gasteiger partial charge in [-0.15, -0.1) is 5.10 Å². The molecule has 0 unspecified atom stereocenters. The first-order chi connectivity index (χ1) is 7.66. The van der Waals surface area contributed by atoms with Crippen LogP contribution < -0.4 is 5.32 Å². The Balaban J connectivity index is 2.34. The van der Waals surface area contributed by atoms with Gasteiger partial charge < -0.3 is 5.32 Å². The summed E-state index contributed by atoms with van der Waals surface area (Å²) in [6, 6.07) is 4.26. The lowest BCUT2D eigenvalue weighted by atomic mass is 10.2. The van der Waals surface area contributed by atoms with Crippen LogP contribution in [0, 0.1) is 5.82 Å². The number of benzene rings is 1. The number of carbonyl (C=O) groups is 1. The van der Waals surface area contributed by atoms with Crippen molar-refractivity contribution >= 4 is 11.6 Å². The maximum Gasteiger partial charge on any atom is 0.221 e. The third kappa shape index (κ3) is 2.02. The third-order valence-electron chi connectivity index (χ3n) is 1.86. The first kappa shape index (κ1) is 10.2. The molecular weight excluding hydrogens is 213 g/mol. The van der Waals surface area contributed by atoms with E-state index in [0.717, 1.165) is 0 Å². The summed E-state index contributed by atoms with van der Waals surface area (Å²) < 4.78 is 14.8. The number of carbonyl (C=O) groups excluding carboxylic acids is 1. The largest absolute Gasteiger partial charge is 0.326 e. The minimum Gasteiger partial charge on any atom is -0.326 e. The van der Waals surface area contributed by atoms with Crippen LogP contribution in [0.15, 0.2) is 24.5 Å². The topological polar surface area (TPSA) is 72.7 Å². The van der Waals surface area contributed by atoms with Crippen LogP contribution in [0.3, 0.4) is 0 Å². The zero-order chi connectivity index (χ0) is 11.5. The van der Waals surface area contributed by atoms with E-state index in [0.29, 0.717) is 5.69 Å². The molecule has 6 nitrogen and oxygen atoms in total. The molecule has 0 atom stereocenters. The normalized spacial score (nSPS) is 10.1. The van der Waals surface area contributed by atoms with Crippen molar-refractivity contribution in [2.45, 2.75) is 6.92 Å². The molecule has 0 aliphatic rings. The number of tetrazole rings is 1. The minimum atomic E-state index is -0.515. The lowest BCUT2D eigenvalue weighted by Gasteiger charge is -2.05. The summed E-state index contributed by atoms with van der Waals surface area (Å²) in [5, 5.41) is 12.9. The van der Waals surface area contributed by atoms with E-state index in [-0.39, 0.29) is 11.6 Å². The van der Waals surface area contributed by atoms with E-state index in [1.54, 1.807) is 6.07 Å². The molecule has 0 aliphatic heterocycles. The summed E-state index contributed by atoms with van der Waals surface area (Å²) in [4.78, 5) is 10.8. The zero-order valence-corrected chi connectivity index (χ0v) is 8.38. The number of hydrogen-bond donors (Lipinski definition) is 1. The fourth-order valence-corrected chi connectivity index (χ4v) is 1.25. The standard InChI is InChI=1S/C9H8FN5O/c1-6(16)12-7-2-3-9(8(10)4-7)15-5-11-13-14-15/h2-5H,1H3,(H,12,16). The van der Waals surface area contributed by atoms with Crippen LogP contribution in [-0.4, -0.2) is 26.1 Å². The van der Waals surface area contributed by atoms with Crippen molar-refractivity contribution in [3.05, 3.63) is 30.3 Å². The van der Waals surface area contributed by atoms with Crippen LogP contribution >= 0.6 is 0 Å². The quantitative estimate of drug-likeness (QED) is 0.812. The molecule has 7 heteroatoms. The first-order valence-electron chi connectivity index (χ1n) is 4.47. The Labute approximate surface area is 90.1 Å². The predicted molar refractivity (Wildman–Crippen MR) is 53.4 cm³/mol. The lowest BCUT2D eigenvalue weighted by Crippen LogP contribution is -2.07. The van der Waals surface area contributed by atoms with Gasteiger partial charge in [-0.2, -0.15) is 4.68 Å². The number of anilines is 1. The van der Waals surface area contributed by atoms with Gasteiger partial charge in [0.1, 0.15) is 12.0 Å². The van der Waals surface area contributed by atoms with Crippen LogP contribution in [0.2, 0.25) is 0 Å². The molecule has 1 aromatic heterocycles. The minimum absolute atomic E-state index is 0.221. The Hall–Kier alpha value is -2.31. The second-order valence-corrected chi connectivity index (χ2v) is 3.10. The number of amides is 1. The molecule has 0 fully saturated rings. The van der Waals surface area contributed by atoms with Crippen LogP contribution in [0.25, 0.3) is 5.69 Å². The molecule has 1 amide bonds. The summed E-state index contributed by atoms with van der Waals surface area (Å²) in [6.07, 6.45) is 1.29. The van der Waals surface area contributed by atoms with Crippen molar-refractivity contribution in [3.63, 3.8) is 0 Å². The van der Waals surface area contributed by atoms with Crippen LogP contribution in [0.5, 0.6) is 0 Å². The van der Waals surface area contributed by atoms with E-state index in [1.807, 2.05) is 0 Å². The van der Waals surface area contributed by atoms with Gasteiger partial charge in [-0.25, -0.2) is 4.39 Å². The van der Waals surface area contributed by atoms with Gasteiger partial charge in [0.2, 0.25) is 5.91 Å². The van der Waals surface area contributed by atoms with Gasteiger partial charge in [0, 0.05) is 12.6 Å². The molecule has 1 N–H and O–H groups in total. The highest BCUT2D eigenvalue weighted by atomic mass is 19.1. The summed E-state index contributed by atoms with van der Waals surface area (Å²) in [5.41, 5.74) is 0.612. The molecule has 1 heterocycles. The number of rotatable bonds is 2. The summed E-state index contributed by atoms with van der Waals surface area (Å²) in [7, 11) is 0. The van der Waals surface area contributed by atoms with Crippen LogP contribution in [-0.2, 0) is 4.79 Å². The third-order valence-corrected chi connectivity index (χ3v) is 1.86. The number of nitrogens with one attached hydrogen (secondary N) is 1. The van der Waals surface area contributed by atoms with E-state index in [1.165, 1.54) is 30.1 Å². The van der Waals surface area contributed by atoms with Crippen molar-refractivity contribution in [1.29, 1.82) is 0 Å². The molecule has 2 aromatic rings. The Kier molecular flexibility index (Phi) is 2.59. The number of aromatic nitrogens is 4. The van der Waals surface area contributed by atoms with E-state index in [2.05, 4.69) is 20.8 Å². The van der Waals surface area contributed by atoms with Gasteiger partial charge in [0.25, 0.3) is 0 Å². The highest BCUT2D eigenvalue weighted by molar-refractivity contribution is 5.88. The first-order valence-corrected chi connectivity index (χ1v) is 4.47. The molecule has 0 saturated heterocycles. The number of halogens is 1. The van der Waals surface area contributed by atoms with Gasteiger partial charge in [-0.05, 0) is 28.6 Å². The highest BCUT2D eigenvalue weighted by Crippen LogP contribution is 2.16. The predicted octanol–water partition coefficient (Wildman–Crippen LogP) is 0.760. The fourth-order valence-electron chi connectivity index (χ4n) is 1.25. The van der Waals surface area contributed by atoms with Crippen molar-refractivity contribution < 1.29 is 9.18 Å². The SMILES string of the molecule is CC(=O)Nc1ccc(-n2cnnn2)c(F)c1. The molecule has 0 spiro atoms. The van der Waals surface area contributed by atoms with Crippen molar-refractivity contribution in [2.75, 3.05) is 5.32 Å². The van der Waals surface area contributed by atoms with Gasteiger partial charge >= 0.3 is 0 Å². The van der Waals surface area contributed by atoms with E-state index < -0.39 is 5.82 Å². The molecule has 2 rings (SSSR count). The molecule has 0 saturated carbocycles. The average molecular weight is 221 g/mol. The van der Waals surface area contributed by atoms with Crippen molar-refractivity contribution in [3.8, 4) is 5.69 Å². The summed E-state index contributed by atoms with van der Waals surface area (Å²) >= 11 is 0. The summed E-state index contributed by atoms with van der Waals surface area (Å²) in [6.45, 7) is 1.35. The van der Waals surface area contributed by atoms with Crippen molar-refractivity contribution in [1.82, 2.24) is 20.2 Å². The molecule has 16 heavy (non-hydrogen) atoms. The fraction of sp³-hybridized carbons (Fsp3) is 0.111. The Morgan fingerprint density at radius 2 is 2.31 bits per heavy atom. The highest BCUT2D eigenvalue weighted by Gasteiger charge is 2.07. The van der Waals surface area contributed by atoms with Crippen LogP contribution in [0.1, 0.15) is 6.92 Å². The molecule has 82 valence electrons. The molecule has 1 aromatic carbocycles. The average Bonchev–Trinajstić information content (AvgIpc) is 2.69. The number of nitrogens with zero attached hydrogens (tertiary/aromatic N) is 4. The maximum absolute atomic E-state index is 13.6. The van der Waals surface area contributed by atoms with E-state index in [4.69, 9.17) is 0 Å². The zero-order valence-electron chi connectivity index (χ0n) is 8.38.